The molecule has 1 aromatic carbocycles. The molecule has 0 heterocycles. The van der Waals surface area contributed by atoms with E-state index in [1.54, 1.807) is 0 Å². The van der Waals surface area contributed by atoms with Gasteiger partial charge in [-0.2, -0.15) is 0 Å². The number of rotatable bonds is 2. The maximum absolute atomic E-state index is 6.48. The molecule has 3 heteroatoms. The molecular formula is C18H21BrCl2. The van der Waals surface area contributed by atoms with Crippen LogP contribution >= 0.6 is 39.1 Å². The number of hydrogen-bond acceptors (Lipinski definition) is 0. The molecule has 114 valence electrons. The van der Waals surface area contributed by atoms with Crippen LogP contribution in [0.4, 0.5) is 0 Å². The molecule has 0 N–H and O–H groups in total. The fourth-order valence-corrected chi connectivity index (χ4v) is 7.59. The fourth-order valence-electron chi connectivity index (χ4n) is 6.13. The van der Waals surface area contributed by atoms with E-state index in [0.717, 1.165) is 21.9 Å². The van der Waals surface area contributed by atoms with Gasteiger partial charge in [-0.3, -0.25) is 0 Å². The highest BCUT2D eigenvalue weighted by molar-refractivity contribution is 9.09. The van der Waals surface area contributed by atoms with Gasteiger partial charge in [-0.05, 0) is 85.0 Å². The van der Waals surface area contributed by atoms with Crippen LogP contribution < -0.4 is 0 Å². The van der Waals surface area contributed by atoms with Crippen molar-refractivity contribution in [3.8, 4) is 0 Å². The minimum atomic E-state index is 0.335. The third-order valence-electron chi connectivity index (χ3n) is 6.17. The SMILES string of the molecule is CC12CC3CC(C1)CC(C(Br)c1cc(Cl)ccc1Cl)(C3)C2. The standard InChI is InChI=1S/C18H21BrCl2/c1-17-6-11-4-12(7-17)9-18(8-11,10-17)16(19)14-5-13(20)2-3-15(14)21/h2-3,5,11-12,16H,4,6-10H2,1H3. The number of halogens is 3. The van der Waals surface area contributed by atoms with Crippen molar-refractivity contribution in [2.24, 2.45) is 22.7 Å². The van der Waals surface area contributed by atoms with Gasteiger partial charge < -0.3 is 0 Å². The molecule has 4 saturated carbocycles. The number of benzene rings is 1. The van der Waals surface area contributed by atoms with Gasteiger partial charge in [0, 0.05) is 14.9 Å². The molecule has 0 aromatic heterocycles. The summed E-state index contributed by atoms with van der Waals surface area (Å²) in [6, 6.07) is 5.88. The molecule has 0 aliphatic heterocycles. The maximum Gasteiger partial charge on any atom is 0.0467 e. The van der Waals surface area contributed by atoms with Gasteiger partial charge in [0.25, 0.3) is 0 Å². The first kappa shape index (κ1) is 14.8. The quantitative estimate of drug-likeness (QED) is 0.477. The molecule has 4 fully saturated rings. The predicted octanol–water partition coefficient (Wildman–Crippen LogP) is 7.04. The first-order valence-corrected chi connectivity index (χ1v) is 9.65. The molecule has 21 heavy (non-hydrogen) atoms. The van der Waals surface area contributed by atoms with Gasteiger partial charge in [0.05, 0.1) is 0 Å². The Labute approximate surface area is 145 Å². The van der Waals surface area contributed by atoms with Crippen LogP contribution in [0.2, 0.25) is 10.0 Å². The summed E-state index contributed by atoms with van der Waals surface area (Å²) in [6.07, 6.45) is 8.39. The van der Waals surface area contributed by atoms with Crippen LogP contribution in [-0.4, -0.2) is 0 Å². The lowest BCUT2D eigenvalue weighted by atomic mass is 9.44. The van der Waals surface area contributed by atoms with Crippen LogP contribution in [0, 0.1) is 22.7 Å². The van der Waals surface area contributed by atoms with Gasteiger partial charge in [-0.1, -0.05) is 46.1 Å². The van der Waals surface area contributed by atoms with Crippen molar-refractivity contribution in [2.45, 2.75) is 50.3 Å². The normalized spacial score (nSPS) is 42.3. The molecule has 0 spiro atoms. The molecule has 0 amide bonds. The van der Waals surface area contributed by atoms with Crippen LogP contribution in [0.5, 0.6) is 0 Å². The monoisotopic (exact) mass is 386 g/mol. The number of alkyl halides is 1. The zero-order valence-corrected chi connectivity index (χ0v) is 15.4. The summed E-state index contributed by atoms with van der Waals surface area (Å²) in [5, 5.41) is 1.64. The van der Waals surface area contributed by atoms with E-state index < -0.39 is 0 Å². The van der Waals surface area contributed by atoms with Crippen LogP contribution in [0.25, 0.3) is 0 Å². The third-order valence-corrected chi connectivity index (χ3v) is 8.21. The summed E-state index contributed by atoms with van der Waals surface area (Å²) in [6.45, 7) is 2.51. The first-order chi connectivity index (χ1) is 9.89. The Hall–Kier alpha value is 0.280. The van der Waals surface area contributed by atoms with E-state index >= 15 is 0 Å². The van der Waals surface area contributed by atoms with Crippen molar-refractivity contribution < 1.29 is 0 Å². The Balaban J connectivity index is 1.73. The lowest BCUT2D eigenvalue weighted by Gasteiger charge is -2.63. The van der Waals surface area contributed by atoms with Crippen molar-refractivity contribution >= 4 is 39.1 Å². The lowest BCUT2D eigenvalue weighted by Crippen LogP contribution is -2.52. The fraction of sp³-hybridized carbons (Fsp3) is 0.667. The molecule has 4 aliphatic rings. The average Bonchev–Trinajstić information content (AvgIpc) is 2.38. The van der Waals surface area contributed by atoms with E-state index in [9.17, 15) is 0 Å². The molecule has 3 atom stereocenters. The Morgan fingerprint density at radius 3 is 2.43 bits per heavy atom. The minimum Gasteiger partial charge on any atom is -0.0843 e. The van der Waals surface area contributed by atoms with E-state index in [2.05, 4.69) is 28.9 Å². The van der Waals surface area contributed by atoms with Crippen molar-refractivity contribution in [2.75, 3.05) is 0 Å². The Bertz CT molecular complexity index is 569. The zero-order valence-electron chi connectivity index (χ0n) is 12.3. The van der Waals surface area contributed by atoms with Crippen LogP contribution in [0.15, 0.2) is 18.2 Å². The maximum atomic E-state index is 6.48. The van der Waals surface area contributed by atoms with Crippen molar-refractivity contribution in [1.29, 1.82) is 0 Å². The molecule has 3 unspecified atom stereocenters. The lowest BCUT2D eigenvalue weighted by molar-refractivity contribution is -0.101. The van der Waals surface area contributed by atoms with Crippen LogP contribution in [-0.2, 0) is 0 Å². The zero-order chi connectivity index (χ0) is 14.8. The Morgan fingerprint density at radius 1 is 1.14 bits per heavy atom. The molecule has 5 rings (SSSR count). The summed E-state index contributed by atoms with van der Waals surface area (Å²) in [5.74, 6) is 1.85. The predicted molar refractivity (Wildman–Crippen MR) is 93.4 cm³/mol. The van der Waals surface area contributed by atoms with E-state index in [0.29, 0.717) is 15.7 Å². The smallest absolute Gasteiger partial charge is 0.0467 e. The highest BCUT2D eigenvalue weighted by Gasteiger charge is 2.58. The minimum absolute atomic E-state index is 0.335. The summed E-state index contributed by atoms with van der Waals surface area (Å²) in [4.78, 5) is 0.335. The van der Waals surface area contributed by atoms with Gasteiger partial charge in [0.2, 0.25) is 0 Å². The molecule has 0 nitrogen and oxygen atoms in total. The molecule has 0 radical (unpaired) electrons. The average molecular weight is 388 g/mol. The largest absolute Gasteiger partial charge is 0.0843 e. The van der Waals surface area contributed by atoms with Gasteiger partial charge in [-0.15, -0.1) is 0 Å². The van der Waals surface area contributed by atoms with E-state index in [1.165, 1.54) is 44.1 Å². The topological polar surface area (TPSA) is 0 Å². The van der Waals surface area contributed by atoms with Gasteiger partial charge in [0.15, 0.2) is 0 Å². The third kappa shape index (κ3) is 2.39. The molecule has 1 aromatic rings. The second-order valence-corrected chi connectivity index (χ2v) is 9.92. The summed E-state index contributed by atoms with van der Waals surface area (Å²) in [7, 11) is 0. The van der Waals surface area contributed by atoms with E-state index in [4.69, 9.17) is 23.2 Å². The van der Waals surface area contributed by atoms with Gasteiger partial charge >= 0.3 is 0 Å². The molecular weight excluding hydrogens is 367 g/mol. The molecule has 0 saturated heterocycles. The van der Waals surface area contributed by atoms with E-state index in [-0.39, 0.29) is 0 Å². The van der Waals surface area contributed by atoms with Gasteiger partial charge in [-0.25, -0.2) is 0 Å². The number of hydrogen-bond donors (Lipinski definition) is 0. The summed E-state index contributed by atoms with van der Waals surface area (Å²) in [5.41, 5.74) is 2.13. The van der Waals surface area contributed by atoms with Crippen molar-refractivity contribution in [1.82, 2.24) is 0 Å². The second-order valence-electron chi connectivity index (χ2n) is 8.16. The van der Waals surface area contributed by atoms with Crippen LogP contribution in [0.3, 0.4) is 0 Å². The highest BCUT2D eigenvalue weighted by Crippen LogP contribution is 2.70. The molecule has 4 bridgehead atoms. The van der Waals surface area contributed by atoms with Crippen molar-refractivity contribution in [3.05, 3.63) is 33.8 Å². The Kier molecular flexibility index (Phi) is 3.45. The van der Waals surface area contributed by atoms with Crippen molar-refractivity contribution in [3.63, 3.8) is 0 Å². The molecule has 4 aliphatic carbocycles. The first-order valence-electron chi connectivity index (χ1n) is 7.98. The second kappa shape index (κ2) is 4.89. The van der Waals surface area contributed by atoms with E-state index in [1.807, 2.05) is 12.1 Å². The van der Waals surface area contributed by atoms with Crippen LogP contribution in [0.1, 0.15) is 55.8 Å². The Morgan fingerprint density at radius 2 is 1.81 bits per heavy atom. The summed E-state index contributed by atoms with van der Waals surface area (Å²) >= 11 is 16.7. The summed E-state index contributed by atoms with van der Waals surface area (Å²) < 4.78 is 0. The highest BCUT2D eigenvalue weighted by atomic mass is 79.9. The van der Waals surface area contributed by atoms with Gasteiger partial charge in [0.1, 0.15) is 0 Å².